The minimum atomic E-state index is -0.327. The smallest absolute Gasteiger partial charge is 0.161 e. The molecule has 0 saturated carbocycles. The summed E-state index contributed by atoms with van der Waals surface area (Å²) < 4.78 is 25.2. The van der Waals surface area contributed by atoms with E-state index in [4.69, 9.17) is 14.7 Å². The second-order valence-electron chi connectivity index (χ2n) is 6.29. The molecule has 3 aromatic carbocycles. The number of aryl methyl sites for hydroxylation is 1. The Labute approximate surface area is 174 Å². The Balaban J connectivity index is 1.84. The summed E-state index contributed by atoms with van der Waals surface area (Å²) in [5.41, 5.74) is 2.54. The van der Waals surface area contributed by atoms with Gasteiger partial charge in [0.2, 0.25) is 0 Å². The summed E-state index contributed by atoms with van der Waals surface area (Å²) in [7, 11) is 1.60. The van der Waals surface area contributed by atoms with Crippen molar-refractivity contribution in [3.63, 3.8) is 0 Å². The van der Waals surface area contributed by atoms with Gasteiger partial charge in [-0.1, -0.05) is 42.1 Å². The number of allylic oxidation sites excluding steroid dienone is 1. The molecule has 5 heteroatoms. The van der Waals surface area contributed by atoms with E-state index in [1.54, 1.807) is 13.2 Å². The van der Waals surface area contributed by atoms with Crippen LogP contribution in [0, 0.1) is 24.1 Å². The molecule has 3 nitrogen and oxygen atoms in total. The molecule has 0 unspecified atom stereocenters. The summed E-state index contributed by atoms with van der Waals surface area (Å²) >= 11 is 1.49. The van der Waals surface area contributed by atoms with Crippen molar-refractivity contribution in [1.82, 2.24) is 0 Å². The van der Waals surface area contributed by atoms with Gasteiger partial charge in [0.05, 0.1) is 13.2 Å². The second kappa shape index (κ2) is 9.81. The first kappa shape index (κ1) is 20.5. The van der Waals surface area contributed by atoms with Gasteiger partial charge < -0.3 is 9.47 Å². The largest absolute Gasteiger partial charge is 0.493 e. The summed E-state index contributed by atoms with van der Waals surface area (Å²) in [5, 5.41) is 8.81. The quantitative estimate of drug-likeness (QED) is 0.426. The molecule has 0 aliphatic carbocycles. The van der Waals surface area contributed by atoms with Crippen LogP contribution in [0.25, 0.3) is 6.08 Å². The van der Waals surface area contributed by atoms with E-state index in [9.17, 15) is 4.39 Å². The molecule has 0 aliphatic rings. The molecule has 0 fully saturated rings. The van der Waals surface area contributed by atoms with Crippen LogP contribution in [0.1, 0.15) is 16.7 Å². The monoisotopic (exact) mass is 405 g/mol. The normalized spacial score (nSPS) is 10.7. The molecule has 0 atom stereocenters. The van der Waals surface area contributed by atoms with Crippen molar-refractivity contribution in [3.8, 4) is 17.6 Å². The minimum Gasteiger partial charge on any atom is -0.493 e. The molecule has 3 aromatic rings. The van der Waals surface area contributed by atoms with Crippen molar-refractivity contribution in [1.29, 1.82) is 5.26 Å². The van der Waals surface area contributed by atoms with E-state index >= 15 is 0 Å². The summed E-state index contributed by atoms with van der Waals surface area (Å²) in [6.45, 7) is 2.30. The molecule has 0 heterocycles. The minimum absolute atomic E-state index is 0.327. The van der Waals surface area contributed by atoms with Gasteiger partial charge in [-0.3, -0.25) is 0 Å². The van der Waals surface area contributed by atoms with E-state index in [-0.39, 0.29) is 5.82 Å². The maximum Gasteiger partial charge on any atom is 0.161 e. The number of ether oxygens (including phenoxy) is 2. The Morgan fingerprint density at radius 3 is 2.59 bits per heavy atom. The molecule has 0 saturated heterocycles. The van der Waals surface area contributed by atoms with Crippen molar-refractivity contribution in [2.24, 2.45) is 0 Å². The maximum atomic E-state index is 13.8. The third-order valence-electron chi connectivity index (χ3n) is 4.20. The van der Waals surface area contributed by atoms with Crippen LogP contribution in [0.15, 0.2) is 76.5 Å². The van der Waals surface area contributed by atoms with E-state index in [2.05, 4.69) is 0 Å². The van der Waals surface area contributed by atoms with Gasteiger partial charge >= 0.3 is 0 Å². The summed E-state index contributed by atoms with van der Waals surface area (Å²) in [5.74, 6) is 0.952. The van der Waals surface area contributed by atoms with Gasteiger partial charge in [-0.15, -0.1) is 0 Å². The first-order valence-corrected chi connectivity index (χ1v) is 9.81. The Hall–Kier alpha value is -3.23. The van der Waals surface area contributed by atoms with Gasteiger partial charge in [-0.2, -0.15) is 5.26 Å². The lowest BCUT2D eigenvalue weighted by molar-refractivity contribution is 0.284. The van der Waals surface area contributed by atoms with Gasteiger partial charge in [0.15, 0.2) is 11.5 Å². The van der Waals surface area contributed by atoms with Crippen molar-refractivity contribution < 1.29 is 13.9 Å². The lowest BCUT2D eigenvalue weighted by Gasteiger charge is -2.14. The van der Waals surface area contributed by atoms with Crippen molar-refractivity contribution in [2.75, 3.05) is 7.11 Å². The van der Waals surface area contributed by atoms with Crippen molar-refractivity contribution in [3.05, 3.63) is 89.2 Å². The molecule has 0 spiro atoms. The van der Waals surface area contributed by atoms with E-state index < -0.39 is 0 Å². The first-order valence-electron chi connectivity index (χ1n) is 8.99. The zero-order valence-corrected chi connectivity index (χ0v) is 17.0. The van der Waals surface area contributed by atoms with E-state index in [1.165, 1.54) is 30.0 Å². The number of benzene rings is 3. The molecule has 0 aliphatic heterocycles. The lowest BCUT2D eigenvalue weighted by Crippen LogP contribution is -1.97. The zero-order valence-electron chi connectivity index (χ0n) is 16.2. The average Bonchev–Trinajstić information content (AvgIpc) is 2.74. The number of hydrogen-bond donors (Lipinski definition) is 0. The molecule has 0 N–H and O–H groups in total. The van der Waals surface area contributed by atoms with Crippen LogP contribution in [0.3, 0.4) is 0 Å². The standard InChI is InChI=1S/C24H20FNO2S/c1-17-13-20(25)14-19(9-6-12-26)24(17)29-21-10-11-22(23(15-21)27-2)28-16-18-7-4-3-5-8-18/h3-11,13-15H,16H2,1-2H3. The highest BCUT2D eigenvalue weighted by Gasteiger charge is 2.12. The van der Waals surface area contributed by atoms with Crippen LogP contribution in [-0.4, -0.2) is 7.11 Å². The molecule has 29 heavy (non-hydrogen) atoms. The Morgan fingerprint density at radius 1 is 1.07 bits per heavy atom. The van der Waals surface area contributed by atoms with E-state index in [0.717, 1.165) is 20.9 Å². The van der Waals surface area contributed by atoms with Gasteiger partial charge in [0.1, 0.15) is 12.4 Å². The number of halogens is 1. The van der Waals surface area contributed by atoms with Crippen LogP contribution in [-0.2, 0) is 6.61 Å². The number of nitriles is 1. The fourth-order valence-corrected chi connectivity index (χ4v) is 3.83. The summed E-state index contributed by atoms with van der Waals surface area (Å²) in [6, 6.07) is 20.5. The molecule has 0 bridgehead atoms. The van der Waals surface area contributed by atoms with Crippen LogP contribution >= 0.6 is 11.8 Å². The lowest BCUT2D eigenvalue weighted by atomic mass is 10.1. The van der Waals surface area contributed by atoms with Crippen LogP contribution in [0.2, 0.25) is 0 Å². The summed E-state index contributed by atoms with van der Waals surface area (Å²) in [4.78, 5) is 1.81. The number of rotatable bonds is 7. The number of hydrogen-bond acceptors (Lipinski definition) is 4. The highest BCUT2D eigenvalue weighted by atomic mass is 32.2. The third kappa shape index (κ3) is 5.40. The van der Waals surface area contributed by atoms with Crippen molar-refractivity contribution >= 4 is 17.8 Å². The predicted molar refractivity (Wildman–Crippen MR) is 114 cm³/mol. The number of methoxy groups -OCH3 is 1. The third-order valence-corrected chi connectivity index (χ3v) is 5.45. The molecular weight excluding hydrogens is 385 g/mol. The van der Waals surface area contributed by atoms with Crippen LogP contribution in [0.5, 0.6) is 11.5 Å². The summed E-state index contributed by atoms with van der Waals surface area (Å²) in [6.07, 6.45) is 2.96. The Morgan fingerprint density at radius 2 is 1.86 bits per heavy atom. The zero-order chi connectivity index (χ0) is 20.6. The molecule has 0 radical (unpaired) electrons. The van der Waals surface area contributed by atoms with E-state index in [0.29, 0.717) is 23.7 Å². The van der Waals surface area contributed by atoms with Gasteiger partial charge in [0, 0.05) is 15.9 Å². The predicted octanol–water partition coefficient (Wildman–Crippen LogP) is 6.41. The average molecular weight is 405 g/mol. The molecule has 146 valence electrons. The number of nitrogens with zero attached hydrogens (tertiary/aromatic N) is 1. The maximum absolute atomic E-state index is 13.8. The topological polar surface area (TPSA) is 42.2 Å². The highest BCUT2D eigenvalue weighted by molar-refractivity contribution is 7.99. The SMILES string of the molecule is COc1cc(Sc2c(C)cc(F)cc2C=CC#N)ccc1OCc1ccccc1. The fraction of sp³-hybridized carbons (Fsp3) is 0.125. The second-order valence-corrected chi connectivity index (χ2v) is 7.38. The first-order chi connectivity index (χ1) is 14.1. The van der Waals surface area contributed by atoms with Crippen LogP contribution < -0.4 is 9.47 Å². The fourth-order valence-electron chi connectivity index (χ4n) is 2.83. The van der Waals surface area contributed by atoms with Gasteiger partial charge in [0.25, 0.3) is 0 Å². The van der Waals surface area contributed by atoms with E-state index in [1.807, 2.05) is 61.5 Å². The van der Waals surface area contributed by atoms with Gasteiger partial charge in [-0.05, 0) is 60.0 Å². The van der Waals surface area contributed by atoms with Gasteiger partial charge in [-0.25, -0.2) is 4.39 Å². The Bertz CT molecular complexity index is 1060. The molecular formula is C24H20FNO2S. The molecule has 3 rings (SSSR count). The molecule has 0 aromatic heterocycles. The molecule has 0 amide bonds. The highest BCUT2D eigenvalue weighted by Crippen LogP contribution is 2.39. The Kier molecular flexibility index (Phi) is 6.94. The van der Waals surface area contributed by atoms with Crippen molar-refractivity contribution in [2.45, 2.75) is 23.3 Å². The van der Waals surface area contributed by atoms with Crippen LogP contribution in [0.4, 0.5) is 4.39 Å².